The zero-order valence-electron chi connectivity index (χ0n) is 14.5. The lowest BCUT2D eigenvalue weighted by Gasteiger charge is -2.32. The molecule has 2 aromatic carbocycles. The SMILES string of the molecule is COc1cc2c(cc1N)C(N)(Cc1ccc(OC)c(OC)c1)N=CN2. The van der Waals surface area contributed by atoms with E-state index in [0.29, 0.717) is 29.4 Å². The van der Waals surface area contributed by atoms with Crippen LogP contribution in [0, 0.1) is 0 Å². The van der Waals surface area contributed by atoms with Gasteiger partial charge >= 0.3 is 0 Å². The Hall–Kier alpha value is -2.93. The third-order valence-electron chi connectivity index (χ3n) is 4.27. The number of methoxy groups -OCH3 is 3. The lowest BCUT2D eigenvalue weighted by atomic mass is 9.90. The van der Waals surface area contributed by atoms with Crippen LogP contribution in [0.1, 0.15) is 11.1 Å². The van der Waals surface area contributed by atoms with E-state index in [1.807, 2.05) is 24.3 Å². The Labute approximate surface area is 146 Å². The van der Waals surface area contributed by atoms with E-state index < -0.39 is 5.66 Å². The van der Waals surface area contributed by atoms with E-state index in [2.05, 4.69) is 10.3 Å². The Morgan fingerprint density at radius 3 is 2.40 bits per heavy atom. The fourth-order valence-corrected chi connectivity index (χ4v) is 2.98. The summed E-state index contributed by atoms with van der Waals surface area (Å²) >= 11 is 0. The van der Waals surface area contributed by atoms with Gasteiger partial charge in [0, 0.05) is 18.1 Å². The molecule has 2 aromatic rings. The smallest absolute Gasteiger partial charge is 0.160 e. The molecular formula is C18H22N4O3. The van der Waals surface area contributed by atoms with Gasteiger partial charge in [0.15, 0.2) is 11.5 Å². The molecule has 1 unspecified atom stereocenters. The van der Waals surface area contributed by atoms with Crippen LogP contribution in [0.2, 0.25) is 0 Å². The van der Waals surface area contributed by atoms with Crippen molar-refractivity contribution in [3.63, 3.8) is 0 Å². The second-order valence-electron chi connectivity index (χ2n) is 5.83. The third-order valence-corrected chi connectivity index (χ3v) is 4.27. The summed E-state index contributed by atoms with van der Waals surface area (Å²) in [6, 6.07) is 9.33. The Balaban J connectivity index is 1.99. The standard InChI is InChI=1S/C18H22N4O3/c1-23-15-5-4-11(6-17(15)25-3)9-18(20)12-7-13(19)16(24-2)8-14(12)21-10-22-18/h4-8,10H,9,19-20H2,1-3H3,(H,21,22). The van der Waals surface area contributed by atoms with E-state index in [1.165, 1.54) is 0 Å². The Kier molecular flexibility index (Phi) is 4.41. The average Bonchev–Trinajstić information content (AvgIpc) is 2.62. The highest BCUT2D eigenvalue weighted by molar-refractivity contribution is 5.84. The predicted molar refractivity (Wildman–Crippen MR) is 98.6 cm³/mol. The molecule has 0 aromatic heterocycles. The van der Waals surface area contributed by atoms with Crippen LogP contribution < -0.4 is 31.0 Å². The molecule has 1 aliphatic rings. The number of nitrogen functional groups attached to an aromatic ring is 1. The van der Waals surface area contributed by atoms with E-state index >= 15 is 0 Å². The molecule has 3 rings (SSSR count). The molecule has 0 fully saturated rings. The number of rotatable bonds is 5. The number of hydrogen-bond acceptors (Lipinski definition) is 7. The number of ether oxygens (including phenoxy) is 3. The number of fused-ring (bicyclic) bond motifs is 1. The van der Waals surface area contributed by atoms with Crippen LogP contribution in [0.15, 0.2) is 35.3 Å². The highest BCUT2D eigenvalue weighted by atomic mass is 16.5. The van der Waals surface area contributed by atoms with Crippen molar-refractivity contribution >= 4 is 17.7 Å². The highest BCUT2D eigenvalue weighted by Crippen LogP contribution is 2.39. The molecule has 0 amide bonds. The number of nitrogens with zero attached hydrogens (tertiary/aromatic N) is 1. The van der Waals surface area contributed by atoms with Gasteiger partial charge in [-0.2, -0.15) is 0 Å². The minimum atomic E-state index is -0.944. The first kappa shape index (κ1) is 16.9. The van der Waals surface area contributed by atoms with Crippen molar-refractivity contribution < 1.29 is 14.2 Å². The summed E-state index contributed by atoms with van der Waals surface area (Å²) in [5.74, 6) is 1.91. The van der Waals surface area contributed by atoms with Crippen molar-refractivity contribution in [3.8, 4) is 17.2 Å². The van der Waals surface area contributed by atoms with E-state index in [-0.39, 0.29) is 0 Å². The van der Waals surface area contributed by atoms with Crippen molar-refractivity contribution in [2.45, 2.75) is 12.1 Å². The van der Waals surface area contributed by atoms with Crippen LogP contribution in [-0.4, -0.2) is 27.7 Å². The minimum absolute atomic E-state index is 0.476. The average molecular weight is 342 g/mol. The molecular weight excluding hydrogens is 320 g/mol. The summed E-state index contributed by atoms with van der Waals surface area (Å²) in [6.45, 7) is 0. The van der Waals surface area contributed by atoms with Crippen molar-refractivity contribution in [1.82, 2.24) is 0 Å². The number of anilines is 2. The Bertz CT molecular complexity index is 822. The van der Waals surface area contributed by atoms with Gasteiger partial charge in [0.05, 0.1) is 39.0 Å². The fraction of sp³-hybridized carbons (Fsp3) is 0.278. The number of nitrogens with one attached hydrogen (secondary N) is 1. The molecule has 0 saturated carbocycles. The first-order valence-electron chi connectivity index (χ1n) is 7.78. The summed E-state index contributed by atoms with van der Waals surface area (Å²) in [7, 11) is 4.78. The lowest BCUT2D eigenvalue weighted by molar-refractivity contribution is 0.354. The normalized spacial score (nSPS) is 18.2. The van der Waals surface area contributed by atoms with Crippen molar-refractivity contribution in [1.29, 1.82) is 0 Å². The molecule has 1 aliphatic heterocycles. The van der Waals surface area contributed by atoms with E-state index in [9.17, 15) is 0 Å². The predicted octanol–water partition coefficient (Wildman–Crippen LogP) is 2.10. The Morgan fingerprint density at radius 1 is 1.00 bits per heavy atom. The van der Waals surface area contributed by atoms with Crippen LogP contribution in [-0.2, 0) is 12.1 Å². The molecule has 0 spiro atoms. The van der Waals surface area contributed by atoms with Crippen molar-refractivity contribution in [2.24, 2.45) is 10.7 Å². The van der Waals surface area contributed by atoms with Crippen LogP contribution in [0.3, 0.4) is 0 Å². The van der Waals surface area contributed by atoms with Crippen LogP contribution in [0.25, 0.3) is 0 Å². The van der Waals surface area contributed by atoms with E-state index in [4.69, 9.17) is 25.7 Å². The van der Waals surface area contributed by atoms with Gasteiger partial charge in [-0.15, -0.1) is 0 Å². The Morgan fingerprint density at radius 2 is 1.72 bits per heavy atom. The molecule has 7 heteroatoms. The molecule has 5 N–H and O–H groups in total. The molecule has 7 nitrogen and oxygen atoms in total. The molecule has 0 radical (unpaired) electrons. The van der Waals surface area contributed by atoms with Gasteiger partial charge < -0.3 is 31.0 Å². The van der Waals surface area contributed by atoms with Crippen molar-refractivity contribution in [2.75, 3.05) is 32.4 Å². The fourth-order valence-electron chi connectivity index (χ4n) is 2.98. The van der Waals surface area contributed by atoms with Crippen LogP contribution in [0.4, 0.5) is 11.4 Å². The zero-order chi connectivity index (χ0) is 18.0. The summed E-state index contributed by atoms with van der Waals surface area (Å²) < 4.78 is 15.9. The first-order valence-corrected chi connectivity index (χ1v) is 7.78. The van der Waals surface area contributed by atoms with E-state index in [1.54, 1.807) is 33.7 Å². The molecule has 1 heterocycles. The first-order chi connectivity index (χ1) is 12.0. The van der Waals surface area contributed by atoms with Crippen molar-refractivity contribution in [3.05, 3.63) is 41.5 Å². The molecule has 132 valence electrons. The maximum Gasteiger partial charge on any atom is 0.160 e. The topological polar surface area (TPSA) is 104 Å². The second kappa shape index (κ2) is 6.52. The molecule has 0 aliphatic carbocycles. The second-order valence-corrected chi connectivity index (χ2v) is 5.83. The number of benzene rings is 2. The number of nitrogens with two attached hydrogens (primary N) is 2. The van der Waals surface area contributed by atoms with Gasteiger partial charge in [0.25, 0.3) is 0 Å². The monoisotopic (exact) mass is 342 g/mol. The molecule has 25 heavy (non-hydrogen) atoms. The minimum Gasteiger partial charge on any atom is -0.495 e. The van der Waals surface area contributed by atoms with Gasteiger partial charge in [-0.1, -0.05) is 6.07 Å². The summed E-state index contributed by atoms with van der Waals surface area (Å²) in [6.07, 6.45) is 2.07. The zero-order valence-corrected chi connectivity index (χ0v) is 14.5. The maximum atomic E-state index is 6.62. The number of hydrogen-bond donors (Lipinski definition) is 3. The largest absolute Gasteiger partial charge is 0.495 e. The molecule has 1 atom stereocenters. The van der Waals surface area contributed by atoms with Gasteiger partial charge in [0.1, 0.15) is 11.4 Å². The van der Waals surface area contributed by atoms with Gasteiger partial charge in [-0.25, -0.2) is 4.99 Å². The highest BCUT2D eigenvalue weighted by Gasteiger charge is 2.33. The van der Waals surface area contributed by atoms with E-state index in [0.717, 1.165) is 16.8 Å². The maximum absolute atomic E-state index is 6.62. The molecule has 0 bridgehead atoms. The molecule has 0 saturated heterocycles. The van der Waals surface area contributed by atoms with Crippen LogP contribution >= 0.6 is 0 Å². The number of aliphatic imine (C=N–C) groups is 1. The summed E-state index contributed by atoms with van der Waals surface area (Å²) in [5, 5.41) is 3.09. The van der Waals surface area contributed by atoms with Crippen LogP contribution in [0.5, 0.6) is 17.2 Å². The van der Waals surface area contributed by atoms with Gasteiger partial charge in [-0.05, 0) is 23.8 Å². The van der Waals surface area contributed by atoms with Gasteiger partial charge in [-0.3, -0.25) is 0 Å². The quantitative estimate of drug-likeness (QED) is 0.719. The lowest BCUT2D eigenvalue weighted by Crippen LogP contribution is -2.40. The van der Waals surface area contributed by atoms with Gasteiger partial charge in [0.2, 0.25) is 0 Å². The summed E-state index contributed by atoms with van der Waals surface area (Å²) in [4.78, 5) is 4.47. The summed E-state index contributed by atoms with van der Waals surface area (Å²) in [5.41, 5.74) is 14.9. The third kappa shape index (κ3) is 3.06.